The standard InChI is InChI=1S/C28H24BrFN6O2/c1-31-28-32-23-11-2-17(14-24(23)33-28)12-13-35-25(37)16-38-27(35)22-15-36(21-9-5-19(29)6-10-21)34-26(22)18-3-7-20(30)8-4-18/h2-11,14-15,27H,12-13,16H2,1H3,(H2,31,32,33). The zero-order valence-electron chi connectivity index (χ0n) is 20.5. The molecule has 0 saturated carbocycles. The maximum atomic E-state index is 13.7. The SMILES string of the molecule is CNc1nc2cc(CCN3C(=O)COC3c3cn(-c4ccc(Br)cc4)nc3-c3ccc(F)cc3)ccc2[nH]1. The number of fused-ring (bicyclic) bond motifs is 1. The van der Waals surface area contributed by atoms with Gasteiger partial charge in [0.1, 0.15) is 18.1 Å². The molecule has 8 nitrogen and oxygen atoms in total. The third-order valence-corrected chi connectivity index (χ3v) is 7.14. The van der Waals surface area contributed by atoms with Gasteiger partial charge in [-0.15, -0.1) is 0 Å². The van der Waals surface area contributed by atoms with Gasteiger partial charge in [-0.25, -0.2) is 14.1 Å². The third kappa shape index (κ3) is 4.68. The highest BCUT2D eigenvalue weighted by molar-refractivity contribution is 9.10. The molecule has 1 aliphatic heterocycles. The van der Waals surface area contributed by atoms with Crippen LogP contribution in [0.3, 0.4) is 0 Å². The van der Waals surface area contributed by atoms with Crippen LogP contribution in [0, 0.1) is 5.82 Å². The van der Waals surface area contributed by atoms with Crippen LogP contribution < -0.4 is 5.32 Å². The summed E-state index contributed by atoms with van der Waals surface area (Å²) < 4.78 is 22.4. The predicted octanol–water partition coefficient (Wildman–Crippen LogP) is 5.46. The molecule has 5 aromatic rings. The highest BCUT2D eigenvalue weighted by Crippen LogP contribution is 2.35. The topological polar surface area (TPSA) is 88.1 Å². The quantitative estimate of drug-likeness (QED) is 0.269. The van der Waals surface area contributed by atoms with Crippen LogP contribution in [0.5, 0.6) is 0 Å². The summed E-state index contributed by atoms with van der Waals surface area (Å²) in [5.41, 5.74) is 5.84. The van der Waals surface area contributed by atoms with E-state index >= 15 is 0 Å². The zero-order valence-corrected chi connectivity index (χ0v) is 22.1. The number of benzene rings is 3. The number of anilines is 1. The average molecular weight is 575 g/mol. The fourth-order valence-electron chi connectivity index (χ4n) is 4.65. The van der Waals surface area contributed by atoms with Crippen molar-refractivity contribution >= 4 is 38.8 Å². The molecule has 3 aromatic carbocycles. The minimum atomic E-state index is -0.614. The zero-order chi connectivity index (χ0) is 26.2. The number of aromatic nitrogens is 4. The highest BCUT2D eigenvalue weighted by atomic mass is 79.9. The molecule has 2 aromatic heterocycles. The fraction of sp³-hybridized carbons (Fsp3) is 0.179. The molecular weight excluding hydrogens is 551 g/mol. The van der Waals surface area contributed by atoms with Crippen LogP contribution in [0.2, 0.25) is 0 Å². The first-order valence-electron chi connectivity index (χ1n) is 12.2. The second-order valence-corrected chi connectivity index (χ2v) is 9.96. The maximum Gasteiger partial charge on any atom is 0.250 e. The molecule has 1 saturated heterocycles. The van der Waals surface area contributed by atoms with Crippen molar-refractivity contribution in [1.29, 1.82) is 0 Å². The van der Waals surface area contributed by atoms with Crippen molar-refractivity contribution in [1.82, 2.24) is 24.6 Å². The summed E-state index contributed by atoms with van der Waals surface area (Å²) in [6, 6.07) is 20.0. The molecule has 0 aliphatic carbocycles. The number of ether oxygens (including phenoxy) is 1. The molecule has 1 unspecified atom stereocenters. The number of aromatic amines is 1. The van der Waals surface area contributed by atoms with E-state index in [1.165, 1.54) is 12.1 Å². The number of carbonyl (C=O) groups is 1. The Hall–Kier alpha value is -4.02. The number of halogens is 2. The van der Waals surface area contributed by atoms with E-state index in [9.17, 15) is 9.18 Å². The molecule has 10 heteroatoms. The van der Waals surface area contributed by atoms with E-state index in [2.05, 4.69) is 31.2 Å². The van der Waals surface area contributed by atoms with Crippen molar-refractivity contribution in [2.75, 3.05) is 25.5 Å². The monoisotopic (exact) mass is 574 g/mol. The first-order valence-corrected chi connectivity index (χ1v) is 13.0. The van der Waals surface area contributed by atoms with Crippen LogP contribution in [-0.4, -0.2) is 50.8 Å². The number of imidazole rings is 1. The van der Waals surface area contributed by atoms with Crippen LogP contribution in [0.1, 0.15) is 17.4 Å². The first-order chi connectivity index (χ1) is 18.5. The predicted molar refractivity (Wildman–Crippen MR) is 146 cm³/mol. The molecule has 0 bridgehead atoms. The Morgan fingerprint density at radius 2 is 1.92 bits per heavy atom. The molecule has 192 valence electrons. The molecule has 0 radical (unpaired) electrons. The van der Waals surface area contributed by atoms with Gasteiger partial charge in [0.2, 0.25) is 5.95 Å². The molecule has 1 aliphatic rings. The Balaban J connectivity index is 1.32. The molecule has 38 heavy (non-hydrogen) atoms. The summed E-state index contributed by atoms with van der Waals surface area (Å²) in [4.78, 5) is 22.4. The number of rotatable bonds is 7. The third-order valence-electron chi connectivity index (χ3n) is 6.61. The molecule has 1 amide bonds. The van der Waals surface area contributed by atoms with E-state index in [1.54, 1.807) is 21.7 Å². The van der Waals surface area contributed by atoms with E-state index in [0.29, 0.717) is 24.6 Å². The average Bonchev–Trinajstić information content (AvgIpc) is 3.64. The van der Waals surface area contributed by atoms with Gasteiger partial charge in [0.15, 0.2) is 6.23 Å². The summed E-state index contributed by atoms with van der Waals surface area (Å²) in [6.45, 7) is 0.450. The molecule has 3 heterocycles. The molecule has 1 fully saturated rings. The Kier molecular flexibility index (Phi) is 6.42. The van der Waals surface area contributed by atoms with Gasteiger partial charge in [-0.05, 0) is 72.6 Å². The number of H-pyrrole nitrogens is 1. The molecule has 0 spiro atoms. The smallest absolute Gasteiger partial charge is 0.250 e. The minimum absolute atomic E-state index is 0.0130. The van der Waals surface area contributed by atoms with Crippen molar-refractivity contribution in [3.05, 3.63) is 94.3 Å². The van der Waals surface area contributed by atoms with Crippen molar-refractivity contribution in [3.8, 4) is 16.9 Å². The lowest BCUT2D eigenvalue weighted by molar-refractivity contribution is -0.128. The summed E-state index contributed by atoms with van der Waals surface area (Å²) in [7, 11) is 1.82. The second-order valence-electron chi connectivity index (χ2n) is 9.05. The van der Waals surface area contributed by atoms with Crippen LogP contribution >= 0.6 is 15.9 Å². The second kappa shape index (κ2) is 10.0. The van der Waals surface area contributed by atoms with Gasteiger partial charge in [0, 0.05) is 35.4 Å². The van der Waals surface area contributed by atoms with Crippen LogP contribution in [0.15, 0.2) is 77.4 Å². The number of carbonyl (C=O) groups excluding carboxylic acids is 1. The first kappa shape index (κ1) is 24.3. The largest absolute Gasteiger partial charge is 0.359 e. The number of nitrogens with zero attached hydrogens (tertiary/aromatic N) is 4. The number of hydrogen-bond acceptors (Lipinski definition) is 5. The molecular formula is C28H24BrFN6O2. The van der Waals surface area contributed by atoms with Gasteiger partial charge in [0.25, 0.3) is 5.91 Å². The van der Waals surface area contributed by atoms with Crippen molar-refractivity contribution in [3.63, 3.8) is 0 Å². The van der Waals surface area contributed by atoms with Gasteiger partial charge in [0.05, 0.1) is 16.7 Å². The lowest BCUT2D eigenvalue weighted by Gasteiger charge is -2.23. The number of nitrogens with one attached hydrogen (secondary N) is 2. The van der Waals surface area contributed by atoms with E-state index in [4.69, 9.17) is 9.84 Å². The van der Waals surface area contributed by atoms with Crippen molar-refractivity contribution in [2.45, 2.75) is 12.6 Å². The molecule has 2 N–H and O–H groups in total. The maximum absolute atomic E-state index is 13.7. The highest BCUT2D eigenvalue weighted by Gasteiger charge is 2.36. The van der Waals surface area contributed by atoms with Crippen LogP contribution in [0.4, 0.5) is 10.3 Å². The van der Waals surface area contributed by atoms with Gasteiger partial charge < -0.3 is 19.9 Å². The summed E-state index contributed by atoms with van der Waals surface area (Å²) >= 11 is 3.47. The Morgan fingerprint density at radius 3 is 2.68 bits per heavy atom. The minimum Gasteiger partial charge on any atom is -0.359 e. The van der Waals surface area contributed by atoms with E-state index in [1.807, 2.05) is 55.7 Å². The Morgan fingerprint density at radius 1 is 1.13 bits per heavy atom. The van der Waals surface area contributed by atoms with Gasteiger partial charge in [-0.2, -0.15) is 5.10 Å². The summed E-state index contributed by atoms with van der Waals surface area (Å²) in [5, 5.41) is 7.83. The van der Waals surface area contributed by atoms with E-state index in [0.717, 1.165) is 37.9 Å². The van der Waals surface area contributed by atoms with Crippen molar-refractivity contribution in [2.24, 2.45) is 0 Å². The van der Waals surface area contributed by atoms with Gasteiger partial charge >= 0.3 is 0 Å². The van der Waals surface area contributed by atoms with Crippen molar-refractivity contribution < 1.29 is 13.9 Å². The van der Waals surface area contributed by atoms with Crippen LogP contribution in [-0.2, 0) is 16.0 Å². The summed E-state index contributed by atoms with van der Waals surface area (Å²) in [6.07, 6.45) is 1.90. The van der Waals surface area contributed by atoms with E-state index in [-0.39, 0.29) is 18.3 Å². The number of amides is 1. The molecule has 1 atom stereocenters. The summed E-state index contributed by atoms with van der Waals surface area (Å²) in [5.74, 6) is 0.290. The Labute approximate surface area is 226 Å². The normalized spacial score (nSPS) is 15.5. The number of hydrogen-bond donors (Lipinski definition) is 2. The van der Waals surface area contributed by atoms with Gasteiger partial charge in [-0.1, -0.05) is 22.0 Å². The Bertz CT molecular complexity index is 1610. The van der Waals surface area contributed by atoms with Gasteiger partial charge in [-0.3, -0.25) is 4.79 Å². The fourth-order valence-corrected chi connectivity index (χ4v) is 4.92. The lowest BCUT2D eigenvalue weighted by Crippen LogP contribution is -2.30. The van der Waals surface area contributed by atoms with Crippen LogP contribution in [0.25, 0.3) is 28.0 Å². The lowest BCUT2D eigenvalue weighted by atomic mass is 10.1. The molecule has 6 rings (SSSR count). The van der Waals surface area contributed by atoms with E-state index < -0.39 is 6.23 Å².